The number of halogens is 2. The van der Waals surface area contributed by atoms with Crippen LogP contribution < -0.4 is 14.8 Å². The Hall–Kier alpha value is -3.46. The molecule has 0 aliphatic rings. The molecule has 0 radical (unpaired) electrons. The van der Waals surface area contributed by atoms with E-state index in [2.05, 4.69) is 5.32 Å². The molecule has 1 amide bonds. The zero-order valence-corrected chi connectivity index (χ0v) is 19.7. The summed E-state index contributed by atoms with van der Waals surface area (Å²) in [5, 5.41) is 13.4. The third-order valence-electron chi connectivity index (χ3n) is 4.73. The molecule has 0 bridgehead atoms. The van der Waals surface area contributed by atoms with Crippen molar-refractivity contribution in [2.24, 2.45) is 0 Å². The Morgan fingerprint density at radius 3 is 2.58 bits per heavy atom. The van der Waals surface area contributed by atoms with Gasteiger partial charge < -0.3 is 14.8 Å². The second-order valence-electron chi connectivity index (χ2n) is 7.10. The quantitative estimate of drug-likeness (QED) is 0.283. The zero-order chi connectivity index (χ0) is 23.8. The van der Waals surface area contributed by atoms with Gasteiger partial charge in [-0.15, -0.1) is 0 Å². The number of carbonyl (C=O) groups excluding carboxylic acids is 1. The van der Waals surface area contributed by atoms with E-state index in [9.17, 15) is 10.1 Å². The largest absolute Gasteiger partial charge is 0.490 e. The van der Waals surface area contributed by atoms with E-state index in [4.69, 9.17) is 32.7 Å². The second-order valence-corrected chi connectivity index (χ2v) is 7.95. The van der Waals surface area contributed by atoms with Gasteiger partial charge in [-0.1, -0.05) is 53.5 Å². The fourth-order valence-electron chi connectivity index (χ4n) is 3.01. The van der Waals surface area contributed by atoms with Crippen LogP contribution in [0, 0.1) is 18.3 Å². The van der Waals surface area contributed by atoms with Crippen molar-refractivity contribution in [3.05, 3.63) is 93.0 Å². The molecule has 0 aliphatic carbocycles. The molecule has 1 N–H and O–H groups in total. The van der Waals surface area contributed by atoms with E-state index in [0.29, 0.717) is 39.4 Å². The van der Waals surface area contributed by atoms with Crippen molar-refractivity contribution in [1.82, 2.24) is 0 Å². The number of nitriles is 1. The number of nitrogens with zero attached hydrogens (tertiary/aromatic N) is 1. The number of amides is 1. The van der Waals surface area contributed by atoms with Crippen LogP contribution in [0.3, 0.4) is 0 Å². The number of rotatable bonds is 8. The lowest BCUT2D eigenvalue weighted by atomic mass is 10.1. The van der Waals surface area contributed by atoms with Crippen LogP contribution in [0.2, 0.25) is 10.0 Å². The monoisotopic (exact) mass is 480 g/mol. The predicted molar refractivity (Wildman–Crippen MR) is 132 cm³/mol. The number of hydrogen-bond donors (Lipinski definition) is 1. The first-order valence-electron chi connectivity index (χ1n) is 10.2. The number of aryl methyl sites for hydroxylation is 1. The first-order chi connectivity index (χ1) is 15.9. The van der Waals surface area contributed by atoms with Crippen molar-refractivity contribution in [3.63, 3.8) is 0 Å². The van der Waals surface area contributed by atoms with Gasteiger partial charge in [0.15, 0.2) is 11.5 Å². The highest BCUT2D eigenvalue weighted by molar-refractivity contribution is 6.31. The smallest absolute Gasteiger partial charge is 0.266 e. The lowest BCUT2D eigenvalue weighted by molar-refractivity contribution is -0.112. The van der Waals surface area contributed by atoms with Gasteiger partial charge in [0.05, 0.1) is 6.61 Å². The Bertz CT molecular complexity index is 1230. The molecule has 0 unspecified atom stereocenters. The van der Waals surface area contributed by atoms with Gasteiger partial charge in [0.1, 0.15) is 18.2 Å². The molecule has 3 aromatic rings. The Labute approximate surface area is 203 Å². The number of benzene rings is 3. The van der Waals surface area contributed by atoms with Gasteiger partial charge in [0.25, 0.3) is 5.91 Å². The van der Waals surface area contributed by atoms with Gasteiger partial charge in [0, 0.05) is 21.3 Å². The van der Waals surface area contributed by atoms with E-state index in [1.807, 2.05) is 38.1 Å². The van der Waals surface area contributed by atoms with E-state index in [0.717, 1.165) is 11.1 Å². The zero-order valence-electron chi connectivity index (χ0n) is 18.2. The molecule has 3 aromatic carbocycles. The number of anilines is 1. The van der Waals surface area contributed by atoms with Crippen LogP contribution in [0.1, 0.15) is 23.6 Å². The normalized spacial score (nSPS) is 10.9. The number of ether oxygens (including phenoxy) is 2. The van der Waals surface area contributed by atoms with Gasteiger partial charge in [-0.2, -0.15) is 5.26 Å². The minimum absolute atomic E-state index is 0.0541. The molecule has 0 aromatic heterocycles. The Balaban J connectivity index is 1.81. The summed E-state index contributed by atoms with van der Waals surface area (Å²) in [6, 6.07) is 19.8. The summed E-state index contributed by atoms with van der Waals surface area (Å²) in [6.45, 7) is 4.41. The Morgan fingerprint density at radius 1 is 1.06 bits per heavy atom. The lowest BCUT2D eigenvalue weighted by Gasteiger charge is -2.13. The maximum Gasteiger partial charge on any atom is 0.266 e. The molecule has 168 valence electrons. The van der Waals surface area contributed by atoms with Crippen LogP contribution >= 0.6 is 23.2 Å². The summed E-state index contributed by atoms with van der Waals surface area (Å²) in [5.41, 5.74) is 2.81. The maximum atomic E-state index is 12.7. The van der Waals surface area contributed by atoms with E-state index in [-0.39, 0.29) is 12.2 Å². The van der Waals surface area contributed by atoms with Crippen molar-refractivity contribution in [2.75, 3.05) is 11.9 Å². The van der Waals surface area contributed by atoms with Crippen molar-refractivity contribution in [1.29, 1.82) is 5.26 Å². The molecule has 0 saturated carbocycles. The number of carbonyl (C=O) groups is 1. The third kappa shape index (κ3) is 6.52. The van der Waals surface area contributed by atoms with Crippen LogP contribution in [0.4, 0.5) is 5.69 Å². The van der Waals surface area contributed by atoms with E-state index in [1.54, 1.807) is 42.5 Å². The first-order valence-corrected chi connectivity index (χ1v) is 11.0. The maximum absolute atomic E-state index is 12.7. The molecule has 0 saturated heterocycles. The molecule has 5 nitrogen and oxygen atoms in total. The van der Waals surface area contributed by atoms with Gasteiger partial charge in [-0.3, -0.25) is 4.79 Å². The SMILES string of the molecule is CCOc1cc(/C=C(\C#N)C(=O)Nc2cc(Cl)ccc2C)ccc1OCc1ccccc1Cl. The van der Waals surface area contributed by atoms with Crippen molar-refractivity contribution in [3.8, 4) is 17.6 Å². The van der Waals surface area contributed by atoms with E-state index < -0.39 is 5.91 Å². The minimum atomic E-state index is -0.528. The molecular formula is C26H22Cl2N2O3. The Morgan fingerprint density at radius 2 is 1.85 bits per heavy atom. The van der Waals surface area contributed by atoms with Crippen molar-refractivity contribution >= 4 is 40.9 Å². The molecule has 33 heavy (non-hydrogen) atoms. The second kappa shape index (κ2) is 11.4. The lowest BCUT2D eigenvalue weighted by Crippen LogP contribution is -2.14. The predicted octanol–water partition coefficient (Wildman–Crippen LogP) is 6.83. The number of hydrogen-bond acceptors (Lipinski definition) is 4. The molecule has 0 aliphatic heterocycles. The van der Waals surface area contributed by atoms with Gasteiger partial charge in [-0.25, -0.2) is 0 Å². The molecule has 7 heteroatoms. The molecule has 0 atom stereocenters. The highest BCUT2D eigenvalue weighted by Gasteiger charge is 2.13. The van der Waals surface area contributed by atoms with Crippen LogP contribution in [0.15, 0.2) is 66.2 Å². The first kappa shape index (κ1) is 24.2. The van der Waals surface area contributed by atoms with E-state index in [1.165, 1.54) is 6.08 Å². The topological polar surface area (TPSA) is 71.3 Å². The average molecular weight is 481 g/mol. The van der Waals surface area contributed by atoms with Crippen LogP contribution in [0.25, 0.3) is 6.08 Å². The highest BCUT2D eigenvalue weighted by Crippen LogP contribution is 2.31. The fraction of sp³-hybridized carbons (Fsp3) is 0.154. The molecule has 0 heterocycles. The van der Waals surface area contributed by atoms with Crippen LogP contribution in [-0.2, 0) is 11.4 Å². The average Bonchev–Trinajstić information content (AvgIpc) is 2.80. The third-order valence-corrected chi connectivity index (χ3v) is 5.34. The fourth-order valence-corrected chi connectivity index (χ4v) is 3.37. The van der Waals surface area contributed by atoms with Crippen LogP contribution in [0.5, 0.6) is 11.5 Å². The number of nitrogens with one attached hydrogen (secondary N) is 1. The molecule has 0 spiro atoms. The van der Waals surface area contributed by atoms with Gasteiger partial charge in [-0.05, 0) is 61.4 Å². The van der Waals surface area contributed by atoms with Crippen molar-refractivity contribution < 1.29 is 14.3 Å². The minimum Gasteiger partial charge on any atom is -0.490 e. The van der Waals surface area contributed by atoms with Crippen molar-refractivity contribution in [2.45, 2.75) is 20.5 Å². The summed E-state index contributed by atoms with van der Waals surface area (Å²) in [6.07, 6.45) is 1.50. The molecular weight excluding hydrogens is 459 g/mol. The van der Waals surface area contributed by atoms with Crippen LogP contribution in [-0.4, -0.2) is 12.5 Å². The summed E-state index contributed by atoms with van der Waals surface area (Å²) in [4.78, 5) is 12.7. The molecule has 3 rings (SSSR count). The van der Waals surface area contributed by atoms with E-state index >= 15 is 0 Å². The molecule has 0 fully saturated rings. The summed E-state index contributed by atoms with van der Waals surface area (Å²) < 4.78 is 11.6. The summed E-state index contributed by atoms with van der Waals surface area (Å²) >= 11 is 12.2. The van der Waals surface area contributed by atoms with Gasteiger partial charge >= 0.3 is 0 Å². The summed E-state index contributed by atoms with van der Waals surface area (Å²) in [7, 11) is 0. The Kier molecular flexibility index (Phi) is 8.37. The standard InChI is InChI=1S/C26H22Cl2N2O3/c1-3-32-25-13-18(9-11-24(25)33-16-19-6-4-5-7-22(19)28)12-20(15-29)26(31)30-23-14-21(27)10-8-17(23)2/h4-14H,3,16H2,1-2H3,(H,30,31)/b20-12+. The highest BCUT2D eigenvalue weighted by atomic mass is 35.5. The summed E-state index contributed by atoms with van der Waals surface area (Å²) in [5.74, 6) is 0.507. The van der Waals surface area contributed by atoms with Gasteiger partial charge in [0.2, 0.25) is 0 Å².